The molecule has 0 nitrogen and oxygen atoms in total. The second-order valence-electron chi connectivity index (χ2n) is 2.02. The van der Waals surface area contributed by atoms with Gasteiger partial charge >= 0.3 is 5.66 Å². The van der Waals surface area contributed by atoms with Gasteiger partial charge in [0, 0.05) is 9.24 Å². The van der Waals surface area contributed by atoms with Crippen LogP contribution in [0.25, 0.3) is 0 Å². The fraction of sp³-hybridized carbons (Fsp3) is 0.143. The lowest BCUT2D eigenvalue weighted by molar-refractivity contribution is 0.0992. The minimum absolute atomic E-state index is 0.691. The second kappa shape index (κ2) is 2.82. The smallest absolute Gasteiger partial charge is 0.206 e. The Morgan fingerprint density at radius 3 is 2.09 bits per heavy atom. The van der Waals surface area contributed by atoms with E-state index in [1.807, 2.05) is 0 Å². The highest BCUT2D eigenvalue weighted by molar-refractivity contribution is 7.17. The molecule has 0 saturated heterocycles. The van der Waals surface area contributed by atoms with Gasteiger partial charge in [-0.25, -0.2) is 4.39 Å². The topological polar surface area (TPSA) is 0 Å². The SMILES string of the molecule is Fc1ccccc1C(F)(F)[P]. The van der Waals surface area contributed by atoms with Crippen molar-refractivity contribution in [1.29, 1.82) is 0 Å². The van der Waals surface area contributed by atoms with Crippen molar-refractivity contribution in [2.24, 2.45) is 0 Å². The fourth-order valence-electron chi connectivity index (χ4n) is 0.705. The highest BCUT2D eigenvalue weighted by atomic mass is 31.0. The Hall–Kier alpha value is -0.560. The molecular weight excluding hydrogens is 172 g/mol. The summed E-state index contributed by atoms with van der Waals surface area (Å²) in [5.74, 6) is -0.937. The van der Waals surface area contributed by atoms with Crippen LogP contribution in [0.15, 0.2) is 24.3 Å². The summed E-state index contributed by atoms with van der Waals surface area (Å²) in [6.45, 7) is 0. The molecule has 0 bridgehead atoms. The fourth-order valence-corrected chi connectivity index (χ4v) is 0.886. The van der Waals surface area contributed by atoms with Gasteiger partial charge in [0.05, 0.1) is 5.56 Å². The van der Waals surface area contributed by atoms with Gasteiger partial charge in [-0.2, -0.15) is 8.78 Å². The molecular formula is C7H4F3P. The molecule has 0 fully saturated rings. The Labute approximate surface area is 64.6 Å². The summed E-state index contributed by atoms with van der Waals surface area (Å²) in [7, 11) is 2.94. The van der Waals surface area contributed by atoms with E-state index in [-0.39, 0.29) is 0 Å². The predicted molar refractivity (Wildman–Crippen MR) is 37.2 cm³/mol. The van der Waals surface area contributed by atoms with Crippen molar-refractivity contribution in [1.82, 2.24) is 0 Å². The largest absolute Gasteiger partial charge is 0.301 e. The first-order valence-electron chi connectivity index (χ1n) is 2.87. The van der Waals surface area contributed by atoms with Gasteiger partial charge < -0.3 is 0 Å². The molecule has 0 N–H and O–H groups in total. The summed E-state index contributed by atoms with van der Waals surface area (Å²) in [6, 6.07) is 4.66. The van der Waals surface area contributed by atoms with Crippen molar-refractivity contribution in [3.05, 3.63) is 35.6 Å². The quantitative estimate of drug-likeness (QED) is 0.576. The van der Waals surface area contributed by atoms with E-state index in [1.165, 1.54) is 12.1 Å². The number of hydrogen-bond acceptors (Lipinski definition) is 0. The molecule has 2 radical (unpaired) electrons. The van der Waals surface area contributed by atoms with E-state index in [1.54, 1.807) is 0 Å². The lowest BCUT2D eigenvalue weighted by Crippen LogP contribution is -2.04. The Morgan fingerprint density at radius 1 is 1.18 bits per heavy atom. The molecule has 11 heavy (non-hydrogen) atoms. The molecule has 0 aliphatic rings. The summed E-state index contributed by atoms with van der Waals surface area (Å²) in [4.78, 5) is 0. The minimum Gasteiger partial charge on any atom is -0.206 e. The van der Waals surface area contributed by atoms with Crippen molar-refractivity contribution < 1.29 is 13.2 Å². The van der Waals surface area contributed by atoms with Crippen LogP contribution in [0.5, 0.6) is 0 Å². The predicted octanol–water partition coefficient (Wildman–Crippen LogP) is 3.29. The molecule has 58 valence electrons. The van der Waals surface area contributed by atoms with Crippen molar-refractivity contribution in [2.45, 2.75) is 5.66 Å². The van der Waals surface area contributed by atoms with Gasteiger partial charge in [0.1, 0.15) is 5.82 Å². The molecule has 4 heteroatoms. The van der Waals surface area contributed by atoms with E-state index < -0.39 is 17.0 Å². The molecule has 0 saturated carbocycles. The highest BCUT2D eigenvalue weighted by Crippen LogP contribution is 2.35. The normalized spacial score (nSPS) is 11.6. The summed E-state index contributed by atoms with van der Waals surface area (Å²) in [5.41, 5.74) is -4.09. The van der Waals surface area contributed by atoms with Gasteiger partial charge in [-0.15, -0.1) is 0 Å². The Bertz CT molecular complexity index is 254. The van der Waals surface area contributed by atoms with Crippen LogP contribution in [-0.4, -0.2) is 0 Å². The molecule has 0 atom stereocenters. The summed E-state index contributed by atoms with van der Waals surface area (Å²) in [6.07, 6.45) is 0. The van der Waals surface area contributed by atoms with E-state index in [2.05, 4.69) is 9.24 Å². The van der Waals surface area contributed by atoms with Crippen LogP contribution in [-0.2, 0) is 5.66 Å². The average molecular weight is 176 g/mol. The first-order valence-corrected chi connectivity index (χ1v) is 3.32. The van der Waals surface area contributed by atoms with Gasteiger partial charge in [-0.1, -0.05) is 12.1 Å². The first kappa shape index (κ1) is 8.54. The van der Waals surface area contributed by atoms with Gasteiger partial charge in [-0.3, -0.25) is 0 Å². The van der Waals surface area contributed by atoms with E-state index in [0.29, 0.717) is 0 Å². The highest BCUT2D eigenvalue weighted by Gasteiger charge is 2.28. The first-order chi connectivity index (χ1) is 5.02. The maximum Gasteiger partial charge on any atom is 0.301 e. The van der Waals surface area contributed by atoms with Crippen LogP contribution in [0.3, 0.4) is 0 Å². The molecule has 1 aromatic rings. The summed E-state index contributed by atoms with van der Waals surface area (Å²) >= 11 is 0. The number of hydrogen-bond donors (Lipinski definition) is 0. The standard InChI is InChI=1S/C7H4F3P/c8-6-4-2-1-3-5(6)7(9,10)11/h1-4H. The van der Waals surface area contributed by atoms with Gasteiger partial charge in [0.2, 0.25) is 0 Å². The Balaban J connectivity index is 3.14. The van der Waals surface area contributed by atoms with Crippen LogP contribution in [0.4, 0.5) is 13.2 Å². The third-order valence-corrected chi connectivity index (χ3v) is 1.44. The Morgan fingerprint density at radius 2 is 1.73 bits per heavy atom. The van der Waals surface area contributed by atoms with Crippen LogP contribution in [0.1, 0.15) is 5.56 Å². The average Bonchev–Trinajstić information content (AvgIpc) is 1.86. The zero-order valence-corrected chi connectivity index (χ0v) is 6.28. The maximum absolute atomic E-state index is 12.6. The van der Waals surface area contributed by atoms with E-state index in [0.717, 1.165) is 12.1 Å². The molecule has 0 spiro atoms. The molecule has 1 rings (SSSR count). The summed E-state index contributed by atoms with van der Waals surface area (Å²) < 4.78 is 37.2. The van der Waals surface area contributed by atoms with Crippen LogP contribution in [0.2, 0.25) is 0 Å². The second-order valence-corrected chi connectivity index (χ2v) is 2.58. The number of rotatable bonds is 1. The van der Waals surface area contributed by atoms with E-state index >= 15 is 0 Å². The molecule has 0 aromatic heterocycles. The van der Waals surface area contributed by atoms with Crippen LogP contribution in [0, 0.1) is 5.82 Å². The third kappa shape index (κ3) is 1.93. The van der Waals surface area contributed by atoms with E-state index in [4.69, 9.17) is 0 Å². The zero-order chi connectivity index (χ0) is 8.48. The monoisotopic (exact) mass is 176 g/mol. The van der Waals surface area contributed by atoms with Crippen LogP contribution >= 0.6 is 9.24 Å². The zero-order valence-electron chi connectivity index (χ0n) is 5.39. The molecule has 0 unspecified atom stereocenters. The number of benzene rings is 1. The maximum atomic E-state index is 12.6. The molecule has 0 heterocycles. The lowest BCUT2D eigenvalue weighted by Gasteiger charge is -2.08. The van der Waals surface area contributed by atoms with Crippen molar-refractivity contribution in [3.63, 3.8) is 0 Å². The van der Waals surface area contributed by atoms with Gasteiger partial charge in [0.25, 0.3) is 0 Å². The molecule has 1 aromatic carbocycles. The molecule has 0 amide bonds. The minimum atomic E-state index is -3.40. The number of alkyl halides is 2. The lowest BCUT2D eigenvalue weighted by atomic mass is 10.2. The van der Waals surface area contributed by atoms with Gasteiger partial charge in [0.15, 0.2) is 0 Å². The van der Waals surface area contributed by atoms with Crippen molar-refractivity contribution in [2.75, 3.05) is 0 Å². The van der Waals surface area contributed by atoms with Crippen molar-refractivity contribution in [3.8, 4) is 0 Å². The molecule has 0 aliphatic carbocycles. The van der Waals surface area contributed by atoms with Crippen molar-refractivity contribution >= 4 is 9.24 Å². The molecule has 0 aliphatic heterocycles. The van der Waals surface area contributed by atoms with Crippen LogP contribution < -0.4 is 0 Å². The number of halogens is 3. The third-order valence-electron chi connectivity index (χ3n) is 1.20. The summed E-state index contributed by atoms with van der Waals surface area (Å²) in [5, 5.41) is 0. The Kier molecular flexibility index (Phi) is 2.19. The van der Waals surface area contributed by atoms with Gasteiger partial charge in [-0.05, 0) is 12.1 Å². The van der Waals surface area contributed by atoms with E-state index in [9.17, 15) is 13.2 Å².